The monoisotopic (exact) mass is 323 g/mol. The van der Waals surface area contributed by atoms with Gasteiger partial charge >= 0.3 is 0 Å². The molecule has 1 aliphatic heterocycles. The summed E-state index contributed by atoms with van der Waals surface area (Å²) in [4.78, 5) is 28.4. The highest BCUT2D eigenvalue weighted by Gasteiger charge is 2.22. The largest absolute Gasteiger partial charge is 0.350 e. The third-order valence-corrected chi connectivity index (χ3v) is 4.21. The molecule has 122 valence electrons. The van der Waals surface area contributed by atoms with Crippen LogP contribution in [0.4, 0.5) is 0 Å². The normalized spacial score (nSPS) is 17.1. The third-order valence-electron chi connectivity index (χ3n) is 3.53. The zero-order chi connectivity index (χ0) is 16.2. The van der Waals surface area contributed by atoms with Crippen LogP contribution in [0.1, 0.15) is 37.6 Å². The van der Waals surface area contributed by atoms with Crippen molar-refractivity contribution in [2.75, 3.05) is 32.7 Å². The summed E-state index contributed by atoms with van der Waals surface area (Å²) >= 11 is 1.54. The number of rotatable bonds is 3. The van der Waals surface area contributed by atoms with Gasteiger partial charge in [-0.1, -0.05) is 0 Å². The number of nitrogens with one attached hydrogen (secondary N) is 1. The zero-order valence-electron chi connectivity index (χ0n) is 13.6. The SMILES string of the molecule is CC(C)(C)NC(=O)CN1CCCN(C(=O)c2ccsc2)CC1. The van der Waals surface area contributed by atoms with E-state index in [0.29, 0.717) is 13.1 Å². The van der Waals surface area contributed by atoms with Crippen molar-refractivity contribution in [3.63, 3.8) is 0 Å². The van der Waals surface area contributed by atoms with E-state index in [9.17, 15) is 9.59 Å². The molecule has 2 amide bonds. The van der Waals surface area contributed by atoms with Gasteiger partial charge in [0.25, 0.3) is 5.91 Å². The molecule has 0 atom stereocenters. The predicted molar refractivity (Wildman–Crippen MR) is 89.2 cm³/mol. The minimum absolute atomic E-state index is 0.0464. The smallest absolute Gasteiger partial charge is 0.254 e. The van der Waals surface area contributed by atoms with Crippen molar-refractivity contribution in [3.8, 4) is 0 Å². The lowest BCUT2D eigenvalue weighted by Crippen LogP contribution is -2.46. The van der Waals surface area contributed by atoms with Crippen LogP contribution < -0.4 is 5.32 Å². The number of nitrogens with zero attached hydrogens (tertiary/aromatic N) is 2. The summed E-state index contributed by atoms with van der Waals surface area (Å²) < 4.78 is 0. The number of carbonyl (C=O) groups excluding carboxylic acids is 2. The van der Waals surface area contributed by atoms with Gasteiger partial charge in [-0.05, 0) is 38.6 Å². The lowest BCUT2D eigenvalue weighted by molar-refractivity contribution is -0.123. The molecule has 1 aromatic rings. The Morgan fingerprint density at radius 1 is 1.23 bits per heavy atom. The molecule has 0 aromatic carbocycles. The molecule has 1 saturated heterocycles. The van der Waals surface area contributed by atoms with E-state index in [0.717, 1.165) is 31.6 Å². The molecule has 0 radical (unpaired) electrons. The van der Waals surface area contributed by atoms with Gasteiger partial charge in [0.1, 0.15) is 0 Å². The van der Waals surface area contributed by atoms with Crippen molar-refractivity contribution >= 4 is 23.2 Å². The molecule has 6 heteroatoms. The van der Waals surface area contributed by atoms with Crippen molar-refractivity contribution in [2.24, 2.45) is 0 Å². The Hall–Kier alpha value is -1.40. The van der Waals surface area contributed by atoms with Crippen LogP contribution >= 0.6 is 11.3 Å². The van der Waals surface area contributed by atoms with Gasteiger partial charge in [0, 0.05) is 37.1 Å². The van der Waals surface area contributed by atoms with Crippen molar-refractivity contribution in [1.29, 1.82) is 0 Å². The van der Waals surface area contributed by atoms with Gasteiger partial charge in [0.2, 0.25) is 5.91 Å². The van der Waals surface area contributed by atoms with E-state index in [-0.39, 0.29) is 17.4 Å². The van der Waals surface area contributed by atoms with E-state index in [1.165, 1.54) is 0 Å². The molecule has 0 bridgehead atoms. The lowest BCUT2D eigenvalue weighted by atomic mass is 10.1. The first-order valence-electron chi connectivity index (χ1n) is 7.70. The second kappa shape index (κ2) is 7.24. The van der Waals surface area contributed by atoms with Crippen LogP contribution in [0.5, 0.6) is 0 Å². The molecule has 0 saturated carbocycles. The quantitative estimate of drug-likeness (QED) is 0.923. The van der Waals surface area contributed by atoms with Gasteiger partial charge in [0.15, 0.2) is 0 Å². The van der Waals surface area contributed by atoms with Gasteiger partial charge in [-0.15, -0.1) is 0 Å². The molecule has 1 N–H and O–H groups in total. The third kappa shape index (κ3) is 5.10. The highest BCUT2D eigenvalue weighted by Crippen LogP contribution is 2.12. The number of hydrogen-bond acceptors (Lipinski definition) is 4. The maximum absolute atomic E-state index is 12.4. The molecule has 2 heterocycles. The summed E-state index contributed by atoms with van der Waals surface area (Å²) in [5, 5.41) is 6.80. The molecule has 22 heavy (non-hydrogen) atoms. The Morgan fingerprint density at radius 2 is 2.00 bits per heavy atom. The minimum Gasteiger partial charge on any atom is -0.350 e. The highest BCUT2D eigenvalue weighted by atomic mass is 32.1. The van der Waals surface area contributed by atoms with E-state index in [1.54, 1.807) is 11.3 Å². The highest BCUT2D eigenvalue weighted by molar-refractivity contribution is 7.08. The first-order valence-corrected chi connectivity index (χ1v) is 8.64. The van der Waals surface area contributed by atoms with Gasteiger partial charge in [-0.25, -0.2) is 0 Å². The van der Waals surface area contributed by atoms with Crippen LogP contribution in [0.2, 0.25) is 0 Å². The molecule has 0 unspecified atom stereocenters. The fourth-order valence-electron chi connectivity index (χ4n) is 2.56. The molecule has 0 aliphatic carbocycles. The minimum atomic E-state index is -0.204. The number of amides is 2. The van der Waals surface area contributed by atoms with Crippen LogP contribution in [0.15, 0.2) is 16.8 Å². The average molecular weight is 323 g/mol. The zero-order valence-corrected chi connectivity index (χ0v) is 14.4. The summed E-state index contributed by atoms with van der Waals surface area (Å²) in [5.74, 6) is 0.146. The van der Waals surface area contributed by atoms with Crippen LogP contribution in [0.3, 0.4) is 0 Å². The second-order valence-electron chi connectivity index (χ2n) is 6.73. The van der Waals surface area contributed by atoms with E-state index in [4.69, 9.17) is 0 Å². The van der Waals surface area contributed by atoms with Gasteiger partial charge in [-0.2, -0.15) is 11.3 Å². The van der Waals surface area contributed by atoms with Crippen LogP contribution in [0.25, 0.3) is 0 Å². The Balaban J connectivity index is 1.85. The van der Waals surface area contributed by atoms with E-state index < -0.39 is 0 Å². The van der Waals surface area contributed by atoms with E-state index >= 15 is 0 Å². The topological polar surface area (TPSA) is 52.7 Å². The molecule has 1 fully saturated rings. The summed E-state index contributed by atoms with van der Waals surface area (Å²) in [5.41, 5.74) is 0.563. The van der Waals surface area contributed by atoms with Crippen molar-refractivity contribution in [3.05, 3.63) is 22.4 Å². The Morgan fingerprint density at radius 3 is 2.64 bits per heavy atom. The summed E-state index contributed by atoms with van der Waals surface area (Å²) in [6.45, 7) is 9.37. The molecule has 0 spiro atoms. The summed E-state index contributed by atoms with van der Waals surface area (Å²) in [6.07, 6.45) is 0.901. The number of thiophene rings is 1. The molecular formula is C16H25N3O2S. The van der Waals surface area contributed by atoms with Gasteiger partial charge < -0.3 is 10.2 Å². The number of hydrogen-bond donors (Lipinski definition) is 1. The fraction of sp³-hybridized carbons (Fsp3) is 0.625. The second-order valence-corrected chi connectivity index (χ2v) is 7.51. The van der Waals surface area contributed by atoms with Crippen LogP contribution in [0, 0.1) is 0 Å². The molecule has 5 nitrogen and oxygen atoms in total. The molecule has 1 aliphatic rings. The lowest BCUT2D eigenvalue weighted by Gasteiger charge is -2.25. The van der Waals surface area contributed by atoms with Crippen LogP contribution in [-0.4, -0.2) is 59.9 Å². The standard InChI is InChI=1S/C16H25N3O2S/c1-16(2,3)17-14(20)11-18-6-4-7-19(9-8-18)15(21)13-5-10-22-12-13/h5,10,12H,4,6-9,11H2,1-3H3,(H,17,20). The molecule has 1 aromatic heterocycles. The van der Waals surface area contributed by atoms with Gasteiger partial charge in [0.05, 0.1) is 12.1 Å². The Bertz CT molecular complexity index is 508. The summed E-state index contributed by atoms with van der Waals surface area (Å²) in [6, 6.07) is 1.87. The van der Waals surface area contributed by atoms with Crippen molar-refractivity contribution in [2.45, 2.75) is 32.7 Å². The Kier molecular flexibility index (Phi) is 5.58. The van der Waals surface area contributed by atoms with Crippen LogP contribution in [-0.2, 0) is 4.79 Å². The van der Waals surface area contributed by atoms with Crippen molar-refractivity contribution < 1.29 is 9.59 Å². The van der Waals surface area contributed by atoms with Gasteiger partial charge in [-0.3, -0.25) is 14.5 Å². The molecule has 2 rings (SSSR count). The Labute approximate surface area is 136 Å². The fourth-order valence-corrected chi connectivity index (χ4v) is 3.19. The maximum atomic E-state index is 12.4. The average Bonchev–Trinajstić information content (AvgIpc) is 2.84. The first-order chi connectivity index (χ1) is 10.3. The summed E-state index contributed by atoms with van der Waals surface area (Å²) in [7, 11) is 0. The maximum Gasteiger partial charge on any atom is 0.254 e. The van der Waals surface area contributed by atoms with E-state index in [2.05, 4.69) is 10.2 Å². The number of carbonyl (C=O) groups is 2. The molecular weight excluding hydrogens is 298 g/mol. The predicted octanol–water partition coefficient (Wildman–Crippen LogP) is 1.81. The van der Waals surface area contributed by atoms with E-state index in [1.807, 2.05) is 42.5 Å². The first kappa shape index (κ1) is 17.0. The van der Waals surface area contributed by atoms with Crippen molar-refractivity contribution in [1.82, 2.24) is 15.1 Å².